The van der Waals surface area contributed by atoms with E-state index in [1.165, 1.54) is 16.7 Å². The predicted octanol–water partition coefficient (Wildman–Crippen LogP) is 4.66. The van der Waals surface area contributed by atoms with E-state index in [1.54, 1.807) is 0 Å². The molecule has 0 spiro atoms. The number of nitriles is 1. The number of rotatable bonds is 1. The number of benzene rings is 2. The third-order valence-electron chi connectivity index (χ3n) is 3.55. The van der Waals surface area contributed by atoms with Crippen molar-refractivity contribution < 1.29 is 0 Å². The predicted molar refractivity (Wildman–Crippen MR) is 79.1 cm³/mol. The maximum Gasteiger partial charge on any atom is 0.0991 e. The van der Waals surface area contributed by atoms with E-state index in [-0.39, 0.29) is 0 Å². The van der Waals surface area contributed by atoms with Gasteiger partial charge < -0.3 is 0 Å². The minimum absolute atomic E-state index is 0.472. The van der Waals surface area contributed by atoms with Crippen LogP contribution in [0.2, 0.25) is 0 Å². The first-order valence-electron chi connectivity index (χ1n) is 6.96. The third-order valence-corrected chi connectivity index (χ3v) is 3.55. The van der Waals surface area contributed by atoms with Gasteiger partial charge in [-0.1, -0.05) is 50.2 Å². The maximum atomic E-state index is 8.98. The van der Waals surface area contributed by atoms with Crippen molar-refractivity contribution in [1.82, 2.24) is 0 Å². The lowest BCUT2D eigenvalue weighted by Crippen LogP contribution is -1.96. The van der Waals surface area contributed by atoms with E-state index in [9.17, 15) is 0 Å². The summed E-state index contributed by atoms with van der Waals surface area (Å²) in [4.78, 5) is 0. The fourth-order valence-electron chi connectivity index (χ4n) is 2.70. The van der Waals surface area contributed by atoms with Crippen molar-refractivity contribution in [2.75, 3.05) is 0 Å². The Bertz CT molecular complexity index is 578. The zero-order chi connectivity index (χ0) is 13.7. The van der Waals surface area contributed by atoms with Crippen LogP contribution in [0.5, 0.6) is 0 Å². The maximum absolute atomic E-state index is 8.98. The van der Waals surface area contributed by atoms with Gasteiger partial charge in [0.25, 0.3) is 0 Å². The average Bonchev–Trinajstić information content (AvgIpc) is 2.93. The van der Waals surface area contributed by atoms with Crippen LogP contribution in [0.1, 0.15) is 48.4 Å². The molecular formula is C18H19N. The van der Waals surface area contributed by atoms with Crippen LogP contribution in [-0.2, 0) is 6.42 Å². The highest BCUT2D eigenvalue weighted by Crippen LogP contribution is 2.38. The van der Waals surface area contributed by atoms with Crippen molar-refractivity contribution in [2.45, 2.75) is 32.6 Å². The molecule has 0 fully saturated rings. The number of aryl methyl sites for hydroxylation is 1. The van der Waals surface area contributed by atoms with E-state index < -0.39 is 0 Å². The third kappa shape index (κ3) is 2.69. The van der Waals surface area contributed by atoms with Crippen molar-refractivity contribution in [1.29, 1.82) is 5.26 Å². The van der Waals surface area contributed by atoms with Gasteiger partial charge in [0.15, 0.2) is 0 Å². The number of nitrogens with zero attached hydrogens (tertiary/aromatic N) is 1. The van der Waals surface area contributed by atoms with Crippen LogP contribution in [0.4, 0.5) is 0 Å². The topological polar surface area (TPSA) is 23.8 Å². The molecule has 96 valence electrons. The van der Waals surface area contributed by atoms with Gasteiger partial charge in [-0.15, -0.1) is 0 Å². The summed E-state index contributed by atoms with van der Waals surface area (Å²) < 4.78 is 0. The molecule has 0 amide bonds. The molecule has 19 heavy (non-hydrogen) atoms. The zero-order valence-electron chi connectivity index (χ0n) is 11.6. The Hall–Kier alpha value is -2.07. The average molecular weight is 249 g/mol. The molecule has 0 heterocycles. The second kappa shape index (κ2) is 6.20. The second-order valence-electron chi connectivity index (χ2n) is 4.53. The summed E-state index contributed by atoms with van der Waals surface area (Å²) in [6.45, 7) is 4.00. The highest BCUT2D eigenvalue weighted by molar-refractivity contribution is 5.46. The SMILES string of the molecule is CC.N#Cc1ccc2c(c1)[C@H](c1ccccc1)CC2. The van der Waals surface area contributed by atoms with E-state index in [1.807, 2.05) is 26.0 Å². The zero-order valence-corrected chi connectivity index (χ0v) is 11.6. The molecule has 3 rings (SSSR count). The van der Waals surface area contributed by atoms with Gasteiger partial charge in [-0.3, -0.25) is 0 Å². The Labute approximate surface area is 115 Å². The Morgan fingerprint density at radius 1 is 1.05 bits per heavy atom. The normalized spacial score (nSPS) is 15.9. The molecule has 0 aromatic heterocycles. The first-order chi connectivity index (χ1) is 9.38. The van der Waals surface area contributed by atoms with Crippen molar-refractivity contribution in [3.63, 3.8) is 0 Å². The lowest BCUT2D eigenvalue weighted by molar-refractivity contribution is 0.788. The van der Waals surface area contributed by atoms with E-state index in [4.69, 9.17) is 5.26 Å². The Kier molecular flexibility index (Phi) is 4.36. The van der Waals surface area contributed by atoms with Crippen LogP contribution in [0.3, 0.4) is 0 Å². The van der Waals surface area contributed by atoms with E-state index in [0.717, 1.165) is 18.4 Å². The van der Waals surface area contributed by atoms with Crippen LogP contribution < -0.4 is 0 Å². The minimum atomic E-state index is 0.472. The van der Waals surface area contributed by atoms with Gasteiger partial charge in [0.2, 0.25) is 0 Å². The summed E-state index contributed by atoms with van der Waals surface area (Å²) in [6, 6.07) is 18.9. The Morgan fingerprint density at radius 3 is 2.47 bits per heavy atom. The monoisotopic (exact) mass is 249 g/mol. The molecule has 2 aromatic rings. The molecule has 1 aliphatic carbocycles. The van der Waals surface area contributed by atoms with Gasteiger partial charge in [0.05, 0.1) is 11.6 Å². The molecule has 1 atom stereocenters. The quantitative estimate of drug-likeness (QED) is 0.721. The van der Waals surface area contributed by atoms with E-state index in [2.05, 4.69) is 42.5 Å². The molecule has 0 saturated heterocycles. The highest BCUT2D eigenvalue weighted by Gasteiger charge is 2.23. The lowest BCUT2D eigenvalue weighted by Gasteiger charge is -2.12. The highest BCUT2D eigenvalue weighted by atomic mass is 14.3. The van der Waals surface area contributed by atoms with Gasteiger partial charge in [0.1, 0.15) is 0 Å². The van der Waals surface area contributed by atoms with Crippen molar-refractivity contribution >= 4 is 0 Å². The summed E-state index contributed by atoms with van der Waals surface area (Å²) in [5, 5.41) is 8.98. The van der Waals surface area contributed by atoms with Crippen LogP contribution >= 0.6 is 0 Å². The summed E-state index contributed by atoms with van der Waals surface area (Å²) in [6.07, 6.45) is 2.29. The molecule has 0 saturated carbocycles. The molecule has 0 bridgehead atoms. The molecule has 0 unspecified atom stereocenters. The van der Waals surface area contributed by atoms with Crippen LogP contribution in [-0.4, -0.2) is 0 Å². The van der Waals surface area contributed by atoms with Crippen LogP contribution in [0.15, 0.2) is 48.5 Å². The summed E-state index contributed by atoms with van der Waals surface area (Å²) in [5.41, 5.74) is 4.88. The van der Waals surface area contributed by atoms with Crippen LogP contribution in [0, 0.1) is 11.3 Å². The fraction of sp³-hybridized carbons (Fsp3) is 0.278. The largest absolute Gasteiger partial charge is 0.192 e. The molecule has 2 aromatic carbocycles. The number of hydrogen-bond acceptors (Lipinski definition) is 1. The molecule has 0 radical (unpaired) electrons. The Morgan fingerprint density at radius 2 is 1.79 bits per heavy atom. The molecule has 1 nitrogen and oxygen atoms in total. The Balaban J connectivity index is 0.000000637. The number of hydrogen-bond donors (Lipinski definition) is 0. The summed E-state index contributed by atoms with van der Waals surface area (Å²) in [5.74, 6) is 0.472. The van der Waals surface area contributed by atoms with Crippen molar-refractivity contribution in [2.24, 2.45) is 0 Å². The van der Waals surface area contributed by atoms with Crippen LogP contribution in [0.25, 0.3) is 0 Å². The molecule has 0 N–H and O–H groups in total. The summed E-state index contributed by atoms with van der Waals surface area (Å²) in [7, 11) is 0. The molecule has 0 aliphatic heterocycles. The summed E-state index contributed by atoms with van der Waals surface area (Å²) >= 11 is 0. The van der Waals surface area contributed by atoms with Gasteiger partial charge in [-0.05, 0) is 41.7 Å². The second-order valence-corrected chi connectivity index (χ2v) is 4.53. The minimum Gasteiger partial charge on any atom is -0.192 e. The molecule has 1 aliphatic rings. The first kappa shape index (κ1) is 13.4. The molecular weight excluding hydrogens is 230 g/mol. The van der Waals surface area contributed by atoms with Gasteiger partial charge in [0, 0.05) is 5.92 Å². The van der Waals surface area contributed by atoms with Crippen molar-refractivity contribution in [3.8, 4) is 6.07 Å². The smallest absolute Gasteiger partial charge is 0.0991 e. The van der Waals surface area contributed by atoms with E-state index >= 15 is 0 Å². The van der Waals surface area contributed by atoms with Gasteiger partial charge in [-0.25, -0.2) is 0 Å². The number of fused-ring (bicyclic) bond motifs is 1. The fourth-order valence-corrected chi connectivity index (χ4v) is 2.70. The lowest BCUT2D eigenvalue weighted by atomic mass is 9.92. The van der Waals surface area contributed by atoms with Crippen molar-refractivity contribution in [3.05, 3.63) is 70.8 Å². The molecule has 1 heteroatoms. The van der Waals surface area contributed by atoms with Gasteiger partial charge in [-0.2, -0.15) is 5.26 Å². The first-order valence-corrected chi connectivity index (χ1v) is 6.96. The van der Waals surface area contributed by atoms with E-state index in [0.29, 0.717) is 5.92 Å². The van der Waals surface area contributed by atoms with Gasteiger partial charge >= 0.3 is 0 Å². The standard InChI is InChI=1S/C16H13N.C2H6/c17-11-12-6-7-14-8-9-15(16(14)10-12)13-4-2-1-3-5-13;1-2/h1-7,10,15H,8-9H2;1-2H3/t15-;/m0./s1.